The van der Waals surface area contributed by atoms with E-state index in [0.29, 0.717) is 5.56 Å². The molecule has 0 aliphatic heterocycles. The van der Waals surface area contributed by atoms with Crippen molar-refractivity contribution in [3.63, 3.8) is 0 Å². The molecule has 16 heavy (non-hydrogen) atoms. The first-order chi connectivity index (χ1) is 7.68. The average Bonchev–Trinajstić information content (AvgIpc) is 2.29. The SMILES string of the molecule is Cc1cncc(C(O)c2ncccc2F)c1. The van der Waals surface area contributed by atoms with Crippen molar-refractivity contribution < 1.29 is 9.50 Å². The average molecular weight is 218 g/mol. The number of halogens is 1. The van der Waals surface area contributed by atoms with Crippen LogP contribution >= 0.6 is 0 Å². The first kappa shape index (κ1) is 10.7. The van der Waals surface area contributed by atoms with Gasteiger partial charge in [0.2, 0.25) is 0 Å². The molecule has 0 amide bonds. The highest BCUT2D eigenvalue weighted by Crippen LogP contribution is 2.21. The summed E-state index contributed by atoms with van der Waals surface area (Å²) >= 11 is 0. The monoisotopic (exact) mass is 218 g/mol. The molecule has 2 aromatic rings. The lowest BCUT2D eigenvalue weighted by atomic mass is 10.1. The van der Waals surface area contributed by atoms with E-state index in [0.717, 1.165) is 5.56 Å². The number of hydrogen-bond donors (Lipinski definition) is 1. The van der Waals surface area contributed by atoms with Crippen LogP contribution in [0.5, 0.6) is 0 Å². The Morgan fingerprint density at radius 3 is 2.88 bits per heavy atom. The molecule has 1 N–H and O–H groups in total. The molecular weight excluding hydrogens is 207 g/mol. The van der Waals surface area contributed by atoms with E-state index in [1.54, 1.807) is 12.3 Å². The molecule has 0 saturated heterocycles. The maximum Gasteiger partial charge on any atom is 0.147 e. The smallest absolute Gasteiger partial charge is 0.147 e. The molecule has 0 bridgehead atoms. The lowest BCUT2D eigenvalue weighted by Gasteiger charge is -2.10. The number of aromatic nitrogens is 2. The van der Waals surface area contributed by atoms with Crippen LogP contribution in [0.2, 0.25) is 0 Å². The van der Waals surface area contributed by atoms with E-state index in [1.807, 2.05) is 6.92 Å². The van der Waals surface area contributed by atoms with Gasteiger partial charge in [0.15, 0.2) is 0 Å². The predicted octanol–water partition coefficient (Wildman–Crippen LogP) is 2.01. The van der Waals surface area contributed by atoms with Gasteiger partial charge in [-0.05, 0) is 24.6 Å². The van der Waals surface area contributed by atoms with E-state index >= 15 is 0 Å². The molecular formula is C12H11FN2O. The van der Waals surface area contributed by atoms with Gasteiger partial charge in [-0.1, -0.05) is 6.07 Å². The summed E-state index contributed by atoms with van der Waals surface area (Å²) in [5.74, 6) is -0.517. The molecule has 2 rings (SSSR count). The van der Waals surface area contributed by atoms with E-state index in [2.05, 4.69) is 9.97 Å². The second kappa shape index (κ2) is 4.37. The molecule has 0 aliphatic carbocycles. The van der Waals surface area contributed by atoms with Crippen molar-refractivity contribution >= 4 is 0 Å². The second-order valence-corrected chi connectivity index (χ2v) is 3.57. The summed E-state index contributed by atoms with van der Waals surface area (Å²) in [7, 11) is 0. The maximum absolute atomic E-state index is 13.4. The highest BCUT2D eigenvalue weighted by Gasteiger charge is 2.16. The van der Waals surface area contributed by atoms with Crippen molar-refractivity contribution in [2.45, 2.75) is 13.0 Å². The van der Waals surface area contributed by atoms with Crippen LogP contribution in [0.4, 0.5) is 4.39 Å². The number of aliphatic hydroxyl groups is 1. The third-order valence-electron chi connectivity index (χ3n) is 2.26. The van der Waals surface area contributed by atoms with Crippen LogP contribution in [0.1, 0.15) is 22.9 Å². The Kier molecular flexibility index (Phi) is 2.92. The van der Waals surface area contributed by atoms with Crippen LogP contribution in [-0.4, -0.2) is 15.1 Å². The fourth-order valence-corrected chi connectivity index (χ4v) is 1.48. The van der Waals surface area contributed by atoms with Crippen molar-refractivity contribution in [2.24, 2.45) is 0 Å². The molecule has 0 saturated carbocycles. The van der Waals surface area contributed by atoms with Gasteiger partial charge >= 0.3 is 0 Å². The molecule has 2 aromatic heterocycles. The normalized spacial score (nSPS) is 12.4. The summed E-state index contributed by atoms with van der Waals surface area (Å²) in [4.78, 5) is 7.78. The molecule has 0 aromatic carbocycles. The van der Waals surface area contributed by atoms with Gasteiger partial charge in [0.05, 0.1) is 0 Å². The van der Waals surface area contributed by atoms with Gasteiger partial charge in [0, 0.05) is 24.2 Å². The van der Waals surface area contributed by atoms with E-state index in [4.69, 9.17) is 0 Å². The topological polar surface area (TPSA) is 46.0 Å². The largest absolute Gasteiger partial charge is 0.382 e. The summed E-state index contributed by atoms with van der Waals surface area (Å²) < 4.78 is 13.4. The first-order valence-electron chi connectivity index (χ1n) is 4.88. The molecule has 2 heterocycles. The standard InChI is InChI=1S/C12H11FN2O/c1-8-5-9(7-14-6-8)12(16)11-10(13)3-2-4-15-11/h2-7,12,16H,1H3. The fourth-order valence-electron chi connectivity index (χ4n) is 1.48. The maximum atomic E-state index is 13.4. The molecule has 1 unspecified atom stereocenters. The number of hydrogen-bond acceptors (Lipinski definition) is 3. The molecule has 82 valence electrons. The predicted molar refractivity (Wildman–Crippen MR) is 57.2 cm³/mol. The Hall–Kier alpha value is -1.81. The van der Waals surface area contributed by atoms with E-state index in [-0.39, 0.29) is 5.69 Å². The van der Waals surface area contributed by atoms with Crippen molar-refractivity contribution in [1.82, 2.24) is 9.97 Å². The highest BCUT2D eigenvalue weighted by atomic mass is 19.1. The van der Waals surface area contributed by atoms with Crippen LogP contribution in [0.15, 0.2) is 36.8 Å². The van der Waals surface area contributed by atoms with E-state index in [1.165, 1.54) is 24.5 Å². The molecule has 3 nitrogen and oxygen atoms in total. The van der Waals surface area contributed by atoms with Gasteiger partial charge in [0.1, 0.15) is 17.6 Å². The summed E-state index contributed by atoms with van der Waals surface area (Å²) in [6, 6.07) is 4.51. The van der Waals surface area contributed by atoms with Gasteiger partial charge in [-0.2, -0.15) is 0 Å². The fraction of sp³-hybridized carbons (Fsp3) is 0.167. The number of aliphatic hydroxyl groups excluding tert-OH is 1. The minimum Gasteiger partial charge on any atom is -0.382 e. The number of aryl methyl sites for hydroxylation is 1. The third kappa shape index (κ3) is 2.06. The Balaban J connectivity index is 2.39. The second-order valence-electron chi connectivity index (χ2n) is 3.57. The Morgan fingerprint density at radius 1 is 1.38 bits per heavy atom. The lowest BCUT2D eigenvalue weighted by molar-refractivity contribution is 0.209. The van der Waals surface area contributed by atoms with Gasteiger partial charge in [-0.3, -0.25) is 9.97 Å². The zero-order chi connectivity index (χ0) is 11.5. The third-order valence-corrected chi connectivity index (χ3v) is 2.26. The molecule has 4 heteroatoms. The Morgan fingerprint density at radius 2 is 2.19 bits per heavy atom. The Bertz CT molecular complexity index is 502. The number of nitrogens with zero attached hydrogens (tertiary/aromatic N) is 2. The van der Waals surface area contributed by atoms with Crippen LogP contribution in [0.3, 0.4) is 0 Å². The van der Waals surface area contributed by atoms with Gasteiger partial charge in [-0.25, -0.2) is 4.39 Å². The quantitative estimate of drug-likeness (QED) is 0.838. The summed E-state index contributed by atoms with van der Waals surface area (Å²) in [6.07, 6.45) is 3.55. The highest BCUT2D eigenvalue weighted by molar-refractivity contribution is 5.26. The van der Waals surface area contributed by atoms with E-state index in [9.17, 15) is 9.50 Å². The molecule has 0 radical (unpaired) electrons. The first-order valence-corrected chi connectivity index (χ1v) is 4.88. The number of pyridine rings is 2. The summed E-state index contributed by atoms with van der Waals surface area (Å²) in [6.45, 7) is 1.86. The van der Waals surface area contributed by atoms with Crippen LogP contribution in [-0.2, 0) is 0 Å². The van der Waals surface area contributed by atoms with Gasteiger partial charge < -0.3 is 5.11 Å². The van der Waals surface area contributed by atoms with Crippen molar-refractivity contribution in [2.75, 3.05) is 0 Å². The summed E-state index contributed by atoms with van der Waals surface area (Å²) in [5.41, 5.74) is 1.47. The molecule has 0 spiro atoms. The number of rotatable bonds is 2. The summed E-state index contributed by atoms with van der Waals surface area (Å²) in [5, 5.41) is 9.95. The zero-order valence-corrected chi connectivity index (χ0v) is 8.76. The van der Waals surface area contributed by atoms with E-state index < -0.39 is 11.9 Å². The van der Waals surface area contributed by atoms with Crippen LogP contribution in [0, 0.1) is 12.7 Å². The van der Waals surface area contributed by atoms with Crippen LogP contribution < -0.4 is 0 Å². The van der Waals surface area contributed by atoms with Gasteiger partial charge in [0.25, 0.3) is 0 Å². The van der Waals surface area contributed by atoms with Crippen molar-refractivity contribution in [1.29, 1.82) is 0 Å². The van der Waals surface area contributed by atoms with Crippen LogP contribution in [0.25, 0.3) is 0 Å². The Labute approximate surface area is 92.6 Å². The molecule has 0 fully saturated rings. The zero-order valence-electron chi connectivity index (χ0n) is 8.76. The van der Waals surface area contributed by atoms with Gasteiger partial charge in [-0.15, -0.1) is 0 Å². The van der Waals surface area contributed by atoms with Crippen molar-refractivity contribution in [3.8, 4) is 0 Å². The minimum absolute atomic E-state index is 0.0231. The molecule has 1 atom stereocenters. The van der Waals surface area contributed by atoms with Crippen molar-refractivity contribution in [3.05, 3.63) is 59.4 Å². The minimum atomic E-state index is -1.08. The lowest BCUT2D eigenvalue weighted by Crippen LogP contribution is -2.05. The molecule has 0 aliphatic rings.